The molecule has 0 aromatic heterocycles. The molecule has 0 aliphatic rings. The molecule has 1 aromatic carbocycles. The monoisotopic (exact) mass is 275 g/mol. The van der Waals surface area contributed by atoms with E-state index in [2.05, 4.69) is 10.1 Å². The van der Waals surface area contributed by atoms with Gasteiger partial charge in [-0.3, -0.25) is 0 Å². The van der Waals surface area contributed by atoms with E-state index in [0.717, 1.165) is 0 Å². The molecule has 0 aliphatic heterocycles. The van der Waals surface area contributed by atoms with Gasteiger partial charge in [0.25, 0.3) is 0 Å². The van der Waals surface area contributed by atoms with Gasteiger partial charge in [-0.1, -0.05) is 18.2 Å². The van der Waals surface area contributed by atoms with E-state index >= 15 is 0 Å². The van der Waals surface area contributed by atoms with Gasteiger partial charge in [0.1, 0.15) is 5.75 Å². The Morgan fingerprint density at radius 2 is 1.79 bits per heavy atom. The average molecular weight is 275 g/mol. The van der Waals surface area contributed by atoms with E-state index in [1.165, 1.54) is 6.07 Å². The highest BCUT2D eigenvalue weighted by molar-refractivity contribution is 5.33. The molecular weight excluding hydrogens is 256 g/mol. The molecule has 0 aliphatic carbocycles. The summed E-state index contributed by atoms with van der Waals surface area (Å²) in [6.07, 6.45) is -0.400. The van der Waals surface area contributed by atoms with Crippen molar-refractivity contribution in [1.82, 2.24) is 5.32 Å². The van der Waals surface area contributed by atoms with Crippen molar-refractivity contribution >= 4 is 0 Å². The Morgan fingerprint density at radius 1 is 1.16 bits per heavy atom. The maximum Gasteiger partial charge on any atom is 0.387 e. The highest BCUT2D eigenvalue weighted by Crippen LogP contribution is 2.20. The Hall–Kier alpha value is -1.24. The molecule has 1 unspecified atom stereocenters. The van der Waals surface area contributed by atoms with Crippen molar-refractivity contribution in [3.63, 3.8) is 0 Å². The number of methoxy groups -OCH3 is 2. The van der Waals surface area contributed by atoms with Gasteiger partial charge >= 0.3 is 6.61 Å². The Balaban J connectivity index is 2.62. The van der Waals surface area contributed by atoms with Crippen molar-refractivity contribution in [2.45, 2.75) is 32.4 Å². The molecule has 1 rings (SSSR count). The molecule has 0 bridgehead atoms. The number of rotatable bonds is 8. The van der Waals surface area contributed by atoms with Crippen LogP contribution >= 0.6 is 0 Å². The fourth-order valence-corrected chi connectivity index (χ4v) is 1.73. The third-order valence-electron chi connectivity index (χ3n) is 2.68. The molecule has 1 N–H and O–H groups in total. The van der Waals surface area contributed by atoms with Crippen molar-refractivity contribution in [3.05, 3.63) is 29.8 Å². The molecule has 6 heteroatoms. The van der Waals surface area contributed by atoms with Gasteiger partial charge in [0.2, 0.25) is 0 Å². The number of para-hydroxylation sites is 1. The van der Waals surface area contributed by atoms with Crippen LogP contribution in [0.1, 0.15) is 12.5 Å². The molecule has 1 aromatic rings. The Labute approximate surface area is 111 Å². The number of halogens is 2. The summed E-state index contributed by atoms with van der Waals surface area (Å²) in [6.45, 7) is -0.564. The molecule has 19 heavy (non-hydrogen) atoms. The first-order valence-electron chi connectivity index (χ1n) is 5.90. The van der Waals surface area contributed by atoms with E-state index in [0.29, 0.717) is 12.1 Å². The highest BCUT2D eigenvalue weighted by Gasteiger charge is 2.16. The molecule has 1 atom stereocenters. The molecule has 0 spiro atoms. The highest BCUT2D eigenvalue weighted by atomic mass is 19.3. The second-order valence-corrected chi connectivity index (χ2v) is 4.00. The zero-order chi connectivity index (χ0) is 14.3. The van der Waals surface area contributed by atoms with Crippen LogP contribution < -0.4 is 10.1 Å². The van der Waals surface area contributed by atoms with Gasteiger partial charge in [0.05, 0.1) is 6.04 Å². The summed E-state index contributed by atoms with van der Waals surface area (Å²) in [5.74, 6) is 0.170. The second kappa shape index (κ2) is 8.04. The summed E-state index contributed by atoms with van der Waals surface area (Å²) in [6, 6.07) is 6.57. The zero-order valence-electron chi connectivity index (χ0n) is 11.2. The summed E-state index contributed by atoms with van der Waals surface area (Å²) >= 11 is 0. The lowest BCUT2D eigenvalue weighted by molar-refractivity contribution is -0.119. The fourth-order valence-electron chi connectivity index (χ4n) is 1.73. The normalized spacial score (nSPS) is 13.0. The molecule has 0 saturated heterocycles. The number of hydrogen-bond donors (Lipinski definition) is 1. The summed E-state index contributed by atoms with van der Waals surface area (Å²) in [5.41, 5.74) is 0.653. The van der Waals surface area contributed by atoms with Crippen LogP contribution in [0.25, 0.3) is 0 Å². The molecule has 0 radical (unpaired) electrons. The predicted molar refractivity (Wildman–Crippen MR) is 67.2 cm³/mol. The van der Waals surface area contributed by atoms with Gasteiger partial charge in [-0.15, -0.1) is 0 Å². The van der Waals surface area contributed by atoms with E-state index in [1.807, 2.05) is 6.92 Å². The van der Waals surface area contributed by atoms with Crippen molar-refractivity contribution in [2.24, 2.45) is 0 Å². The van der Waals surface area contributed by atoms with Crippen molar-refractivity contribution in [2.75, 3.05) is 14.2 Å². The summed E-state index contributed by atoms with van der Waals surface area (Å²) in [5, 5.41) is 3.14. The standard InChI is InChI=1S/C13H19F2NO3/c1-9(12(17-2)18-3)16-8-10-6-4-5-7-11(10)19-13(14)15/h4-7,9,12-13,16H,8H2,1-3H3. The van der Waals surface area contributed by atoms with Crippen LogP contribution in [0, 0.1) is 0 Å². The van der Waals surface area contributed by atoms with Crippen molar-refractivity contribution < 1.29 is 23.0 Å². The van der Waals surface area contributed by atoms with Crippen LogP contribution in [0.15, 0.2) is 24.3 Å². The first-order chi connectivity index (χ1) is 9.08. The minimum Gasteiger partial charge on any atom is -0.434 e. The van der Waals surface area contributed by atoms with Crippen LogP contribution in [0.4, 0.5) is 8.78 Å². The average Bonchev–Trinajstić information content (AvgIpc) is 2.38. The quantitative estimate of drug-likeness (QED) is 0.739. The van der Waals surface area contributed by atoms with Gasteiger partial charge in [-0.25, -0.2) is 0 Å². The Bertz CT molecular complexity index is 373. The number of ether oxygens (including phenoxy) is 3. The lowest BCUT2D eigenvalue weighted by Crippen LogP contribution is -2.39. The lowest BCUT2D eigenvalue weighted by atomic mass is 10.2. The molecule has 4 nitrogen and oxygen atoms in total. The number of nitrogens with one attached hydrogen (secondary N) is 1. The third kappa shape index (κ3) is 5.10. The molecule has 0 amide bonds. The largest absolute Gasteiger partial charge is 0.434 e. The first-order valence-corrected chi connectivity index (χ1v) is 5.90. The maximum atomic E-state index is 12.3. The summed E-state index contributed by atoms with van der Waals surface area (Å²) in [7, 11) is 3.08. The Morgan fingerprint density at radius 3 is 2.37 bits per heavy atom. The Kier molecular flexibility index (Phi) is 6.69. The van der Waals surface area contributed by atoms with E-state index in [1.54, 1.807) is 32.4 Å². The van der Waals surface area contributed by atoms with Gasteiger partial charge < -0.3 is 19.5 Å². The molecule has 0 heterocycles. The van der Waals surface area contributed by atoms with Crippen LogP contribution in [0.5, 0.6) is 5.75 Å². The minimum atomic E-state index is -2.83. The van der Waals surface area contributed by atoms with Gasteiger partial charge in [-0.05, 0) is 13.0 Å². The first kappa shape index (κ1) is 15.8. The predicted octanol–water partition coefficient (Wildman–Crippen LogP) is 2.39. The molecule has 0 saturated carbocycles. The summed E-state index contributed by atoms with van der Waals surface area (Å²) < 4.78 is 39.2. The molecule has 108 valence electrons. The number of alkyl halides is 2. The van der Waals surface area contributed by atoms with Crippen LogP contribution in [0.2, 0.25) is 0 Å². The second-order valence-electron chi connectivity index (χ2n) is 4.00. The van der Waals surface area contributed by atoms with E-state index in [9.17, 15) is 8.78 Å². The van der Waals surface area contributed by atoms with E-state index < -0.39 is 12.9 Å². The van der Waals surface area contributed by atoms with Gasteiger partial charge in [0.15, 0.2) is 6.29 Å². The van der Waals surface area contributed by atoms with Crippen LogP contribution in [0.3, 0.4) is 0 Å². The third-order valence-corrected chi connectivity index (χ3v) is 2.68. The topological polar surface area (TPSA) is 39.7 Å². The minimum absolute atomic E-state index is 0.0883. The number of hydrogen-bond acceptors (Lipinski definition) is 4. The maximum absolute atomic E-state index is 12.3. The van der Waals surface area contributed by atoms with Gasteiger partial charge in [-0.2, -0.15) is 8.78 Å². The van der Waals surface area contributed by atoms with Crippen LogP contribution in [-0.2, 0) is 16.0 Å². The molecular formula is C13H19F2NO3. The number of benzene rings is 1. The summed E-state index contributed by atoms with van der Waals surface area (Å²) in [4.78, 5) is 0. The van der Waals surface area contributed by atoms with Gasteiger partial charge in [0, 0.05) is 26.3 Å². The van der Waals surface area contributed by atoms with Crippen molar-refractivity contribution in [1.29, 1.82) is 0 Å². The SMILES string of the molecule is COC(OC)C(C)NCc1ccccc1OC(F)F. The molecule has 0 fully saturated rings. The smallest absolute Gasteiger partial charge is 0.387 e. The van der Waals surface area contributed by atoms with Crippen LogP contribution in [-0.4, -0.2) is 33.2 Å². The van der Waals surface area contributed by atoms with E-state index in [4.69, 9.17) is 9.47 Å². The lowest BCUT2D eigenvalue weighted by Gasteiger charge is -2.22. The zero-order valence-corrected chi connectivity index (χ0v) is 11.2. The van der Waals surface area contributed by atoms with E-state index in [-0.39, 0.29) is 11.8 Å². The van der Waals surface area contributed by atoms with Crippen molar-refractivity contribution in [3.8, 4) is 5.75 Å². The fraction of sp³-hybridized carbons (Fsp3) is 0.538.